The van der Waals surface area contributed by atoms with Crippen LogP contribution in [-0.4, -0.2) is 38.2 Å². The van der Waals surface area contributed by atoms with Crippen molar-refractivity contribution >= 4 is 35.3 Å². The Morgan fingerprint density at radius 1 is 1.26 bits per heavy atom. The van der Waals surface area contributed by atoms with Gasteiger partial charge in [-0.05, 0) is 18.2 Å². The van der Waals surface area contributed by atoms with E-state index >= 15 is 0 Å². The van der Waals surface area contributed by atoms with E-state index in [1.807, 2.05) is 24.3 Å². The number of piperazine rings is 1. The molecule has 1 aromatic carbocycles. The highest BCUT2D eigenvalue weighted by molar-refractivity contribution is 7.16. The number of halogens is 3. The molecular formula is C16H19Cl2FN2OS. The summed E-state index contributed by atoms with van der Waals surface area (Å²) in [5.41, 5.74) is 0.668. The Kier molecular flexibility index (Phi) is 6.68. The fourth-order valence-electron chi connectivity index (χ4n) is 2.80. The van der Waals surface area contributed by atoms with Gasteiger partial charge < -0.3 is 10.1 Å². The molecule has 0 saturated carbocycles. The lowest BCUT2D eigenvalue weighted by Crippen LogP contribution is -2.45. The summed E-state index contributed by atoms with van der Waals surface area (Å²) in [4.78, 5) is 3.36. The number of nitrogens with zero attached hydrogens (tertiary/aromatic N) is 1. The zero-order valence-corrected chi connectivity index (χ0v) is 15.1. The van der Waals surface area contributed by atoms with Crippen molar-refractivity contribution in [1.29, 1.82) is 0 Å². The maximum Gasteiger partial charge on any atom is 0.132 e. The summed E-state index contributed by atoms with van der Waals surface area (Å²) in [6, 6.07) is 8.82. The second kappa shape index (κ2) is 8.31. The Hall–Kier alpha value is -0.850. The van der Waals surface area contributed by atoms with E-state index in [0.29, 0.717) is 11.3 Å². The van der Waals surface area contributed by atoms with E-state index in [4.69, 9.17) is 16.3 Å². The predicted molar refractivity (Wildman–Crippen MR) is 95.8 cm³/mol. The SMILES string of the molecule is COc1ccc([C@H](c2ccc(Cl)s2)N2CCNCC2)c(F)c1.Cl. The number of methoxy groups -OCH3 is 1. The summed E-state index contributed by atoms with van der Waals surface area (Å²) < 4.78 is 20.4. The number of hydrogen-bond acceptors (Lipinski definition) is 4. The Morgan fingerprint density at radius 3 is 2.57 bits per heavy atom. The number of benzene rings is 1. The summed E-state index contributed by atoms with van der Waals surface area (Å²) in [7, 11) is 1.54. The van der Waals surface area contributed by atoms with Gasteiger partial charge in [0.05, 0.1) is 17.5 Å². The molecule has 1 N–H and O–H groups in total. The van der Waals surface area contributed by atoms with Crippen molar-refractivity contribution in [1.82, 2.24) is 10.2 Å². The van der Waals surface area contributed by atoms with E-state index in [9.17, 15) is 4.39 Å². The van der Waals surface area contributed by atoms with Crippen LogP contribution in [0.3, 0.4) is 0 Å². The molecule has 7 heteroatoms. The average molecular weight is 377 g/mol. The first-order valence-corrected chi connectivity index (χ1v) is 8.42. The third-order valence-corrected chi connectivity index (χ3v) is 5.17. The monoisotopic (exact) mass is 376 g/mol. The maximum absolute atomic E-state index is 14.6. The van der Waals surface area contributed by atoms with Crippen LogP contribution in [0.1, 0.15) is 16.5 Å². The van der Waals surface area contributed by atoms with E-state index in [1.54, 1.807) is 7.11 Å². The second-order valence-corrected chi connectivity index (χ2v) is 6.96. The molecule has 0 aliphatic carbocycles. The molecule has 3 rings (SSSR count). The van der Waals surface area contributed by atoms with Gasteiger partial charge in [-0.15, -0.1) is 23.7 Å². The lowest BCUT2D eigenvalue weighted by atomic mass is 10.0. The van der Waals surface area contributed by atoms with Gasteiger partial charge in [0, 0.05) is 42.7 Å². The van der Waals surface area contributed by atoms with E-state index < -0.39 is 0 Å². The van der Waals surface area contributed by atoms with Gasteiger partial charge in [0.1, 0.15) is 11.6 Å². The summed E-state index contributed by atoms with van der Waals surface area (Å²) >= 11 is 7.60. The average Bonchev–Trinajstić information content (AvgIpc) is 2.96. The molecule has 1 fully saturated rings. The van der Waals surface area contributed by atoms with Crippen molar-refractivity contribution < 1.29 is 9.13 Å². The van der Waals surface area contributed by atoms with E-state index in [0.717, 1.165) is 35.4 Å². The molecule has 0 spiro atoms. The largest absolute Gasteiger partial charge is 0.497 e. The van der Waals surface area contributed by atoms with E-state index in [1.165, 1.54) is 17.4 Å². The van der Waals surface area contributed by atoms with Crippen LogP contribution in [0, 0.1) is 5.82 Å². The molecule has 2 heterocycles. The normalized spacial score (nSPS) is 16.7. The molecule has 1 saturated heterocycles. The highest BCUT2D eigenvalue weighted by Gasteiger charge is 2.27. The first-order chi connectivity index (χ1) is 10.7. The number of nitrogens with one attached hydrogen (secondary N) is 1. The molecule has 126 valence electrons. The van der Waals surface area contributed by atoms with Gasteiger partial charge in [-0.3, -0.25) is 4.90 Å². The smallest absolute Gasteiger partial charge is 0.132 e. The number of hydrogen-bond donors (Lipinski definition) is 1. The molecule has 3 nitrogen and oxygen atoms in total. The van der Waals surface area contributed by atoms with Crippen LogP contribution >= 0.6 is 35.3 Å². The molecule has 2 aromatic rings. The zero-order valence-electron chi connectivity index (χ0n) is 12.7. The van der Waals surface area contributed by atoms with Crippen LogP contribution in [0.2, 0.25) is 4.34 Å². The van der Waals surface area contributed by atoms with E-state index in [-0.39, 0.29) is 24.3 Å². The molecular weight excluding hydrogens is 358 g/mol. The predicted octanol–water partition coefficient (Wildman–Crippen LogP) is 3.97. The summed E-state index contributed by atoms with van der Waals surface area (Å²) in [6.45, 7) is 3.58. The van der Waals surface area contributed by atoms with E-state index in [2.05, 4.69) is 10.2 Å². The third kappa shape index (κ3) is 4.17. The van der Waals surface area contributed by atoms with Gasteiger partial charge in [-0.1, -0.05) is 17.7 Å². The Labute approximate surface area is 150 Å². The van der Waals surface area contributed by atoms with Crippen LogP contribution in [0.4, 0.5) is 4.39 Å². The lowest BCUT2D eigenvalue weighted by Gasteiger charge is -2.35. The molecule has 23 heavy (non-hydrogen) atoms. The molecule has 1 atom stereocenters. The van der Waals surface area contributed by atoms with Crippen molar-refractivity contribution in [2.45, 2.75) is 6.04 Å². The zero-order chi connectivity index (χ0) is 15.5. The Balaban J connectivity index is 0.00000192. The van der Waals surface area contributed by atoms with Crippen molar-refractivity contribution in [3.05, 3.63) is 50.9 Å². The lowest BCUT2D eigenvalue weighted by molar-refractivity contribution is 0.197. The fraction of sp³-hybridized carbons (Fsp3) is 0.375. The van der Waals surface area contributed by atoms with Crippen LogP contribution < -0.4 is 10.1 Å². The summed E-state index contributed by atoms with van der Waals surface area (Å²) in [6.07, 6.45) is 0. The number of thiophene rings is 1. The minimum atomic E-state index is -0.243. The topological polar surface area (TPSA) is 24.5 Å². The molecule has 1 aliphatic rings. The Bertz CT molecular complexity index is 647. The van der Waals surface area contributed by atoms with Crippen molar-refractivity contribution in [2.24, 2.45) is 0 Å². The van der Waals surface area contributed by atoms with Crippen molar-refractivity contribution in [3.8, 4) is 5.75 Å². The number of rotatable bonds is 4. The van der Waals surface area contributed by atoms with Gasteiger partial charge in [0.25, 0.3) is 0 Å². The number of ether oxygens (including phenoxy) is 1. The summed E-state index contributed by atoms with van der Waals surface area (Å²) in [5.74, 6) is 0.289. The van der Waals surface area contributed by atoms with Crippen LogP contribution in [0.15, 0.2) is 30.3 Å². The molecule has 1 aromatic heterocycles. The fourth-order valence-corrected chi connectivity index (χ4v) is 4.02. The van der Waals surface area contributed by atoms with Crippen molar-refractivity contribution in [2.75, 3.05) is 33.3 Å². The third-order valence-electron chi connectivity index (χ3n) is 3.88. The molecule has 0 amide bonds. The molecule has 0 unspecified atom stereocenters. The van der Waals surface area contributed by atoms with Gasteiger partial charge in [-0.25, -0.2) is 4.39 Å². The standard InChI is InChI=1S/C16H18ClFN2OS.ClH/c1-21-11-2-3-12(13(18)10-11)16(14-4-5-15(17)22-14)20-8-6-19-7-9-20;/h2-5,10,16,19H,6-9H2,1H3;1H/t16-;/m1./s1. The molecule has 1 aliphatic heterocycles. The highest BCUT2D eigenvalue weighted by atomic mass is 35.5. The van der Waals surface area contributed by atoms with Crippen LogP contribution in [0.5, 0.6) is 5.75 Å². The Morgan fingerprint density at radius 2 is 2.00 bits per heavy atom. The maximum atomic E-state index is 14.6. The minimum Gasteiger partial charge on any atom is -0.497 e. The van der Waals surface area contributed by atoms with Crippen LogP contribution in [0.25, 0.3) is 0 Å². The first-order valence-electron chi connectivity index (χ1n) is 7.22. The summed E-state index contributed by atoms with van der Waals surface area (Å²) in [5, 5.41) is 3.33. The van der Waals surface area contributed by atoms with Gasteiger partial charge in [0.15, 0.2) is 0 Å². The molecule has 0 radical (unpaired) electrons. The highest BCUT2D eigenvalue weighted by Crippen LogP contribution is 2.37. The quantitative estimate of drug-likeness (QED) is 0.873. The van der Waals surface area contributed by atoms with Gasteiger partial charge >= 0.3 is 0 Å². The van der Waals surface area contributed by atoms with Gasteiger partial charge in [-0.2, -0.15) is 0 Å². The first kappa shape index (κ1) is 18.5. The van der Waals surface area contributed by atoms with Crippen molar-refractivity contribution in [3.63, 3.8) is 0 Å². The van der Waals surface area contributed by atoms with Gasteiger partial charge in [0.2, 0.25) is 0 Å². The minimum absolute atomic E-state index is 0. The van der Waals surface area contributed by atoms with Crippen LogP contribution in [-0.2, 0) is 0 Å². The molecule has 0 bridgehead atoms. The second-order valence-electron chi connectivity index (χ2n) is 5.22.